The molecule has 0 spiro atoms. The molecule has 1 aliphatic carbocycles. The lowest BCUT2D eigenvalue weighted by Gasteiger charge is -2.40. The van der Waals surface area contributed by atoms with Gasteiger partial charge in [0.1, 0.15) is 5.82 Å². The minimum absolute atomic E-state index is 0.226. The Morgan fingerprint density at radius 3 is 2.93 bits per heavy atom. The number of hydrogen-bond donors (Lipinski definition) is 2. The highest BCUT2D eigenvalue weighted by Crippen LogP contribution is 2.40. The summed E-state index contributed by atoms with van der Waals surface area (Å²) in [7, 11) is 0. The van der Waals surface area contributed by atoms with Crippen LogP contribution < -0.4 is 5.73 Å². The summed E-state index contributed by atoms with van der Waals surface area (Å²) in [6.45, 7) is 4.54. The third-order valence-electron chi connectivity index (χ3n) is 3.63. The van der Waals surface area contributed by atoms with Crippen molar-refractivity contribution in [2.45, 2.75) is 38.6 Å². The van der Waals surface area contributed by atoms with E-state index >= 15 is 0 Å². The van der Waals surface area contributed by atoms with Crippen LogP contribution in [0.15, 0.2) is 12.4 Å². The van der Waals surface area contributed by atoms with Gasteiger partial charge in [-0.25, -0.2) is 4.98 Å². The lowest BCUT2D eigenvalue weighted by molar-refractivity contribution is 0.156. The van der Waals surface area contributed by atoms with Gasteiger partial charge in [-0.3, -0.25) is 0 Å². The number of imidazole rings is 1. The maximum Gasteiger partial charge on any atom is 0.126 e. The first kappa shape index (κ1) is 9.71. The summed E-state index contributed by atoms with van der Waals surface area (Å²) in [6, 6.07) is 0. The molecule has 3 N–H and O–H groups in total. The second-order valence-electron chi connectivity index (χ2n) is 4.76. The highest BCUT2D eigenvalue weighted by atomic mass is 15.0. The third kappa shape index (κ3) is 1.46. The molecule has 3 nitrogen and oxygen atoms in total. The zero-order valence-corrected chi connectivity index (χ0v) is 8.96. The fourth-order valence-corrected chi connectivity index (χ4v) is 2.53. The van der Waals surface area contributed by atoms with Crippen molar-refractivity contribution in [3.8, 4) is 0 Å². The standard InChI is InChI=1S/C11H19N3/c1-8-3-4-11(12,9(2)7-8)10-13-5-6-14-10/h5-6,8-9H,3-4,7,12H2,1-2H3,(H,13,14). The van der Waals surface area contributed by atoms with Crippen molar-refractivity contribution in [3.05, 3.63) is 18.2 Å². The van der Waals surface area contributed by atoms with Gasteiger partial charge in [-0.1, -0.05) is 13.8 Å². The highest BCUT2D eigenvalue weighted by molar-refractivity contribution is 5.09. The van der Waals surface area contributed by atoms with Crippen LogP contribution in [0.1, 0.15) is 38.9 Å². The molecule has 3 unspecified atom stereocenters. The zero-order valence-electron chi connectivity index (χ0n) is 8.96. The van der Waals surface area contributed by atoms with Crippen LogP contribution in [-0.4, -0.2) is 9.97 Å². The van der Waals surface area contributed by atoms with Crippen molar-refractivity contribution in [3.63, 3.8) is 0 Å². The van der Waals surface area contributed by atoms with E-state index in [-0.39, 0.29) is 5.54 Å². The molecule has 2 rings (SSSR count). The first-order chi connectivity index (χ1) is 6.63. The van der Waals surface area contributed by atoms with Crippen LogP contribution in [0.3, 0.4) is 0 Å². The van der Waals surface area contributed by atoms with E-state index in [1.54, 1.807) is 6.20 Å². The van der Waals surface area contributed by atoms with Crippen LogP contribution in [0.5, 0.6) is 0 Å². The average molecular weight is 193 g/mol. The molecule has 78 valence electrons. The summed E-state index contributed by atoms with van der Waals surface area (Å²) in [5.74, 6) is 2.27. The van der Waals surface area contributed by atoms with E-state index in [4.69, 9.17) is 5.73 Å². The van der Waals surface area contributed by atoms with Gasteiger partial charge in [-0.2, -0.15) is 0 Å². The molecule has 0 bridgehead atoms. The topological polar surface area (TPSA) is 54.7 Å². The number of nitrogens with zero attached hydrogens (tertiary/aromatic N) is 1. The van der Waals surface area contributed by atoms with Gasteiger partial charge < -0.3 is 10.7 Å². The smallest absolute Gasteiger partial charge is 0.126 e. The molecule has 1 aliphatic rings. The van der Waals surface area contributed by atoms with E-state index in [1.165, 1.54) is 12.8 Å². The van der Waals surface area contributed by atoms with Gasteiger partial charge in [-0.05, 0) is 31.1 Å². The Hall–Kier alpha value is -0.830. The molecule has 0 aliphatic heterocycles. The SMILES string of the molecule is CC1CCC(N)(c2ncc[nH]2)C(C)C1. The quantitative estimate of drug-likeness (QED) is 0.717. The zero-order chi connectivity index (χ0) is 10.2. The third-order valence-corrected chi connectivity index (χ3v) is 3.63. The Labute approximate surface area is 85.1 Å². The van der Waals surface area contributed by atoms with Crippen molar-refractivity contribution in [1.29, 1.82) is 0 Å². The number of aromatic amines is 1. The Bertz CT molecular complexity index is 293. The number of nitrogens with two attached hydrogens (primary N) is 1. The Morgan fingerprint density at radius 2 is 2.36 bits per heavy atom. The lowest BCUT2D eigenvalue weighted by Crippen LogP contribution is -2.47. The Kier molecular flexibility index (Phi) is 2.35. The fraction of sp³-hybridized carbons (Fsp3) is 0.727. The molecular weight excluding hydrogens is 174 g/mol. The minimum atomic E-state index is -0.226. The molecule has 0 amide bonds. The first-order valence-electron chi connectivity index (χ1n) is 5.41. The van der Waals surface area contributed by atoms with E-state index in [9.17, 15) is 0 Å². The monoisotopic (exact) mass is 193 g/mol. The lowest BCUT2D eigenvalue weighted by atomic mass is 9.70. The normalized spacial score (nSPS) is 38.5. The summed E-state index contributed by atoms with van der Waals surface area (Å²) >= 11 is 0. The van der Waals surface area contributed by atoms with Crippen LogP contribution >= 0.6 is 0 Å². The van der Waals surface area contributed by atoms with Crippen LogP contribution in [-0.2, 0) is 5.54 Å². The van der Waals surface area contributed by atoms with Crippen molar-refractivity contribution >= 4 is 0 Å². The predicted molar refractivity (Wildman–Crippen MR) is 56.6 cm³/mol. The van der Waals surface area contributed by atoms with E-state index < -0.39 is 0 Å². The van der Waals surface area contributed by atoms with Crippen molar-refractivity contribution < 1.29 is 0 Å². The van der Waals surface area contributed by atoms with E-state index in [0.717, 1.165) is 18.2 Å². The van der Waals surface area contributed by atoms with Gasteiger partial charge in [0.2, 0.25) is 0 Å². The largest absolute Gasteiger partial charge is 0.347 e. The molecule has 14 heavy (non-hydrogen) atoms. The molecule has 0 saturated heterocycles. The van der Waals surface area contributed by atoms with Crippen molar-refractivity contribution in [2.24, 2.45) is 17.6 Å². The van der Waals surface area contributed by atoms with E-state index in [2.05, 4.69) is 23.8 Å². The summed E-state index contributed by atoms with van der Waals surface area (Å²) in [5.41, 5.74) is 6.21. The van der Waals surface area contributed by atoms with Crippen LogP contribution in [0, 0.1) is 11.8 Å². The number of rotatable bonds is 1. The van der Waals surface area contributed by atoms with Crippen molar-refractivity contribution in [1.82, 2.24) is 9.97 Å². The van der Waals surface area contributed by atoms with Gasteiger partial charge in [0.05, 0.1) is 5.54 Å². The number of aromatic nitrogens is 2. The molecule has 3 heteroatoms. The average Bonchev–Trinajstić information content (AvgIpc) is 2.65. The van der Waals surface area contributed by atoms with E-state index in [1.807, 2.05) is 6.20 Å². The summed E-state index contributed by atoms with van der Waals surface area (Å²) < 4.78 is 0. The molecule has 1 heterocycles. The summed E-state index contributed by atoms with van der Waals surface area (Å²) in [6.07, 6.45) is 7.10. The summed E-state index contributed by atoms with van der Waals surface area (Å²) in [5, 5.41) is 0. The maximum atomic E-state index is 6.44. The maximum absolute atomic E-state index is 6.44. The molecule has 1 fully saturated rings. The summed E-state index contributed by atoms with van der Waals surface area (Å²) in [4.78, 5) is 7.46. The van der Waals surface area contributed by atoms with Gasteiger partial charge in [-0.15, -0.1) is 0 Å². The molecule has 0 aromatic carbocycles. The Balaban J connectivity index is 2.23. The van der Waals surface area contributed by atoms with Crippen molar-refractivity contribution in [2.75, 3.05) is 0 Å². The van der Waals surface area contributed by atoms with Gasteiger partial charge >= 0.3 is 0 Å². The molecular formula is C11H19N3. The number of hydrogen-bond acceptors (Lipinski definition) is 2. The molecule has 1 aromatic heterocycles. The van der Waals surface area contributed by atoms with Crippen LogP contribution in [0.2, 0.25) is 0 Å². The second kappa shape index (κ2) is 3.39. The predicted octanol–water partition coefficient (Wildman–Crippen LogP) is 2.02. The highest BCUT2D eigenvalue weighted by Gasteiger charge is 2.39. The minimum Gasteiger partial charge on any atom is -0.347 e. The van der Waals surface area contributed by atoms with Crippen LogP contribution in [0.4, 0.5) is 0 Å². The van der Waals surface area contributed by atoms with Crippen LogP contribution in [0.25, 0.3) is 0 Å². The number of nitrogens with one attached hydrogen (secondary N) is 1. The molecule has 1 saturated carbocycles. The second-order valence-corrected chi connectivity index (χ2v) is 4.76. The van der Waals surface area contributed by atoms with Gasteiger partial charge in [0.15, 0.2) is 0 Å². The van der Waals surface area contributed by atoms with E-state index in [0.29, 0.717) is 5.92 Å². The number of H-pyrrole nitrogens is 1. The van der Waals surface area contributed by atoms with Gasteiger partial charge in [0, 0.05) is 12.4 Å². The molecule has 1 aromatic rings. The fourth-order valence-electron chi connectivity index (χ4n) is 2.53. The first-order valence-corrected chi connectivity index (χ1v) is 5.41. The molecule has 0 radical (unpaired) electrons. The molecule has 3 atom stereocenters. The van der Waals surface area contributed by atoms with Gasteiger partial charge in [0.25, 0.3) is 0 Å². The Morgan fingerprint density at radius 1 is 1.57 bits per heavy atom.